The smallest absolute Gasteiger partial charge is 0.251 e. The molecule has 3 nitrogen and oxygen atoms in total. The van der Waals surface area contributed by atoms with Crippen molar-refractivity contribution in [1.29, 1.82) is 0 Å². The molecule has 0 atom stereocenters. The van der Waals surface area contributed by atoms with Crippen molar-refractivity contribution in [1.82, 2.24) is 5.32 Å². The van der Waals surface area contributed by atoms with E-state index < -0.39 is 0 Å². The first-order chi connectivity index (χ1) is 7.22. The van der Waals surface area contributed by atoms with E-state index in [4.69, 9.17) is 5.73 Å². The largest absolute Gasteiger partial charge is 0.399 e. The van der Waals surface area contributed by atoms with Gasteiger partial charge < -0.3 is 11.1 Å². The summed E-state index contributed by atoms with van der Waals surface area (Å²) in [6.07, 6.45) is 0. The predicted octanol–water partition coefficient (Wildman–Crippen LogP) is 1.78. The SMILES string of the molecule is CNC(=O)c1cc(N)cc2ccccc12. The van der Waals surface area contributed by atoms with Crippen LogP contribution in [0.3, 0.4) is 0 Å². The van der Waals surface area contributed by atoms with Crippen LogP contribution in [0.4, 0.5) is 5.69 Å². The van der Waals surface area contributed by atoms with Gasteiger partial charge >= 0.3 is 0 Å². The van der Waals surface area contributed by atoms with E-state index in [-0.39, 0.29) is 5.91 Å². The highest BCUT2D eigenvalue weighted by molar-refractivity contribution is 6.08. The van der Waals surface area contributed by atoms with E-state index in [1.165, 1.54) is 0 Å². The maximum absolute atomic E-state index is 11.6. The van der Waals surface area contributed by atoms with Gasteiger partial charge in [-0.3, -0.25) is 4.79 Å². The van der Waals surface area contributed by atoms with Crippen LogP contribution in [0.5, 0.6) is 0 Å². The number of carbonyl (C=O) groups is 1. The number of benzene rings is 2. The van der Waals surface area contributed by atoms with E-state index >= 15 is 0 Å². The molecule has 1 amide bonds. The van der Waals surface area contributed by atoms with Gasteiger partial charge in [0.05, 0.1) is 0 Å². The van der Waals surface area contributed by atoms with Gasteiger partial charge in [0.25, 0.3) is 5.91 Å². The molecule has 0 bridgehead atoms. The van der Waals surface area contributed by atoms with Gasteiger partial charge in [0.1, 0.15) is 0 Å². The summed E-state index contributed by atoms with van der Waals surface area (Å²) in [5.41, 5.74) is 6.96. The second-order valence-corrected chi connectivity index (χ2v) is 3.37. The van der Waals surface area contributed by atoms with Crippen LogP contribution < -0.4 is 11.1 Å². The normalized spacial score (nSPS) is 10.2. The molecule has 0 saturated heterocycles. The zero-order valence-electron chi connectivity index (χ0n) is 8.45. The Balaban J connectivity index is 2.76. The number of fused-ring (bicyclic) bond motifs is 1. The van der Waals surface area contributed by atoms with Crippen molar-refractivity contribution in [2.24, 2.45) is 0 Å². The minimum atomic E-state index is -0.113. The van der Waals surface area contributed by atoms with E-state index in [0.717, 1.165) is 10.8 Å². The summed E-state index contributed by atoms with van der Waals surface area (Å²) in [7, 11) is 1.61. The maximum Gasteiger partial charge on any atom is 0.251 e. The fourth-order valence-electron chi connectivity index (χ4n) is 1.66. The molecule has 2 aromatic carbocycles. The van der Waals surface area contributed by atoms with Crippen LogP contribution in [0, 0.1) is 0 Å². The fraction of sp³-hybridized carbons (Fsp3) is 0.0833. The summed E-state index contributed by atoms with van der Waals surface area (Å²) in [4.78, 5) is 11.6. The zero-order valence-corrected chi connectivity index (χ0v) is 8.45. The second-order valence-electron chi connectivity index (χ2n) is 3.37. The van der Waals surface area contributed by atoms with Crippen LogP contribution in [0.15, 0.2) is 36.4 Å². The zero-order chi connectivity index (χ0) is 10.8. The molecule has 0 aromatic heterocycles. The molecular weight excluding hydrogens is 188 g/mol. The third-order valence-electron chi connectivity index (χ3n) is 2.36. The van der Waals surface area contributed by atoms with Crippen molar-refractivity contribution in [3.8, 4) is 0 Å². The van der Waals surface area contributed by atoms with E-state index in [0.29, 0.717) is 11.3 Å². The minimum Gasteiger partial charge on any atom is -0.399 e. The predicted molar refractivity (Wildman–Crippen MR) is 61.8 cm³/mol. The van der Waals surface area contributed by atoms with Crippen molar-refractivity contribution >= 4 is 22.4 Å². The van der Waals surface area contributed by atoms with E-state index in [1.807, 2.05) is 30.3 Å². The molecule has 15 heavy (non-hydrogen) atoms. The van der Waals surface area contributed by atoms with Crippen molar-refractivity contribution in [3.63, 3.8) is 0 Å². The number of nitrogens with one attached hydrogen (secondary N) is 1. The third kappa shape index (κ3) is 1.64. The Morgan fingerprint density at radius 1 is 1.27 bits per heavy atom. The van der Waals surface area contributed by atoms with Crippen LogP contribution in [0.2, 0.25) is 0 Å². The van der Waals surface area contributed by atoms with Crippen molar-refractivity contribution in [3.05, 3.63) is 42.0 Å². The molecule has 76 valence electrons. The summed E-state index contributed by atoms with van der Waals surface area (Å²) in [5.74, 6) is -0.113. The molecule has 0 radical (unpaired) electrons. The Morgan fingerprint density at radius 3 is 2.73 bits per heavy atom. The van der Waals surface area contributed by atoms with Gasteiger partial charge in [-0.05, 0) is 22.9 Å². The topological polar surface area (TPSA) is 55.1 Å². The molecule has 3 N–H and O–H groups in total. The molecule has 0 aliphatic carbocycles. The second kappa shape index (κ2) is 3.61. The van der Waals surface area contributed by atoms with Crippen molar-refractivity contribution in [2.75, 3.05) is 12.8 Å². The molecule has 2 aromatic rings. The van der Waals surface area contributed by atoms with Crippen molar-refractivity contribution in [2.45, 2.75) is 0 Å². The van der Waals surface area contributed by atoms with E-state index in [9.17, 15) is 4.79 Å². The van der Waals surface area contributed by atoms with Crippen LogP contribution in [0.1, 0.15) is 10.4 Å². The maximum atomic E-state index is 11.6. The first-order valence-corrected chi connectivity index (χ1v) is 4.72. The molecule has 0 spiro atoms. The summed E-state index contributed by atoms with van der Waals surface area (Å²) in [5, 5.41) is 4.51. The number of hydrogen-bond donors (Lipinski definition) is 2. The summed E-state index contributed by atoms with van der Waals surface area (Å²) >= 11 is 0. The Hall–Kier alpha value is -2.03. The van der Waals surface area contributed by atoms with Gasteiger partial charge in [-0.25, -0.2) is 0 Å². The quantitative estimate of drug-likeness (QED) is 0.689. The number of nitrogen functional groups attached to an aromatic ring is 1. The van der Waals surface area contributed by atoms with Crippen LogP contribution >= 0.6 is 0 Å². The summed E-state index contributed by atoms with van der Waals surface area (Å²) < 4.78 is 0. The Morgan fingerprint density at radius 2 is 2.00 bits per heavy atom. The van der Waals surface area contributed by atoms with E-state index in [2.05, 4.69) is 5.32 Å². The Labute approximate surface area is 87.9 Å². The van der Waals surface area contributed by atoms with Gasteiger partial charge in [-0.1, -0.05) is 24.3 Å². The number of rotatable bonds is 1. The Kier molecular flexibility index (Phi) is 2.29. The molecule has 3 heteroatoms. The van der Waals surface area contributed by atoms with Crippen LogP contribution in [-0.4, -0.2) is 13.0 Å². The van der Waals surface area contributed by atoms with Gasteiger partial charge in [-0.15, -0.1) is 0 Å². The monoisotopic (exact) mass is 200 g/mol. The first-order valence-electron chi connectivity index (χ1n) is 4.72. The molecule has 0 aliphatic rings. The lowest BCUT2D eigenvalue weighted by Crippen LogP contribution is -2.18. The van der Waals surface area contributed by atoms with Gasteiger partial charge in [0.15, 0.2) is 0 Å². The molecule has 0 heterocycles. The number of hydrogen-bond acceptors (Lipinski definition) is 2. The molecule has 0 fully saturated rings. The lowest BCUT2D eigenvalue weighted by atomic mass is 10.0. The highest BCUT2D eigenvalue weighted by Gasteiger charge is 2.08. The third-order valence-corrected chi connectivity index (χ3v) is 2.36. The number of amides is 1. The molecule has 0 unspecified atom stereocenters. The lowest BCUT2D eigenvalue weighted by molar-refractivity contribution is 0.0965. The van der Waals surface area contributed by atoms with Gasteiger partial charge in [-0.2, -0.15) is 0 Å². The number of anilines is 1. The van der Waals surface area contributed by atoms with Crippen LogP contribution in [-0.2, 0) is 0 Å². The van der Waals surface area contributed by atoms with Crippen molar-refractivity contribution < 1.29 is 4.79 Å². The summed E-state index contributed by atoms with van der Waals surface area (Å²) in [6, 6.07) is 11.3. The fourth-order valence-corrected chi connectivity index (χ4v) is 1.66. The number of nitrogens with two attached hydrogens (primary N) is 1. The van der Waals surface area contributed by atoms with E-state index in [1.54, 1.807) is 13.1 Å². The standard InChI is InChI=1S/C12H12N2O/c1-14-12(15)11-7-9(13)6-8-4-2-3-5-10(8)11/h2-7H,13H2,1H3,(H,14,15). The Bertz CT molecular complexity index is 520. The number of carbonyl (C=O) groups excluding carboxylic acids is 1. The summed E-state index contributed by atoms with van der Waals surface area (Å²) in [6.45, 7) is 0. The first kappa shape index (κ1) is 9.52. The molecule has 2 rings (SSSR count). The molecule has 0 aliphatic heterocycles. The average Bonchev–Trinajstić information content (AvgIpc) is 2.26. The molecule has 0 saturated carbocycles. The van der Waals surface area contributed by atoms with Gasteiger partial charge in [0.2, 0.25) is 0 Å². The minimum absolute atomic E-state index is 0.113. The van der Waals surface area contributed by atoms with Gasteiger partial charge in [0, 0.05) is 18.3 Å². The van der Waals surface area contributed by atoms with Crippen LogP contribution in [0.25, 0.3) is 10.8 Å². The highest BCUT2D eigenvalue weighted by Crippen LogP contribution is 2.22. The molecular formula is C12H12N2O. The lowest BCUT2D eigenvalue weighted by Gasteiger charge is -2.06. The highest BCUT2D eigenvalue weighted by atomic mass is 16.1. The average molecular weight is 200 g/mol.